The average Bonchev–Trinajstić information content (AvgIpc) is 3.28. The minimum absolute atomic E-state index is 0.0128. The molecule has 0 radical (unpaired) electrons. The number of benzene rings is 1. The van der Waals surface area contributed by atoms with Gasteiger partial charge in [0.1, 0.15) is 11.8 Å². The van der Waals surface area contributed by atoms with Crippen LogP contribution in [0.25, 0.3) is 21.6 Å². The van der Waals surface area contributed by atoms with Gasteiger partial charge < -0.3 is 4.57 Å². The van der Waals surface area contributed by atoms with Crippen molar-refractivity contribution < 1.29 is 26.3 Å². The number of aryl methyl sites for hydroxylation is 2. The minimum atomic E-state index is -5.64. The summed E-state index contributed by atoms with van der Waals surface area (Å²) in [6.45, 7) is 4.63. The van der Waals surface area contributed by atoms with Gasteiger partial charge in [-0.2, -0.15) is 31.6 Å². The number of alkyl halides is 6. The maximum atomic E-state index is 15.1. The maximum absolute atomic E-state index is 15.1. The highest BCUT2D eigenvalue weighted by Crippen LogP contribution is 2.65. The van der Waals surface area contributed by atoms with Crippen LogP contribution in [0.15, 0.2) is 36.4 Å². The number of nitrogens with zero attached hydrogens (tertiary/aromatic N) is 2. The molecular formula is C24H18F6N2S. The lowest BCUT2D eigenvalue weighted by atomic mass is 9.94. The topological polar surface area (TPSA) is 28.7 Å². The average molecular weight is 480 g/mol. The third kappa shape index (κ3) is 3.07. The molecule has 0 saturated heterocycles. The standard InChI is InChI=1S/C24H18F6N2S/c1-12-5-7-15(8-6-12)19-10-18(14(3)33-19)21-20(17-9-16(11-31)32(4)13(17)2)22(25,26)24(29,30)23(21,27)28/h5-10H,1-4H3. The predicted octanol–water partition coefficient (Wildman–Crippen LogP) is 7.38. The van der Waals surface area contributed by atoms with E-state index in [1.165, 1.54) is 31.5 Å². The van der Waals surface area contributed by atoms with Crippen molar-refractivity contribution in [1.29, 1.82) is 5.26 Å². The molecule has 0 amide bonds. The SMILES string of the molecule is Cc1ccc(-c2cc(C3=C(c4cc(C#N)n(C)c4C)C(F)(F)C(F)(F)C3(F)F)c(C)s2)cc1. The Bertz CT molecular complexity index is 1340. The third-order valence-electron chi connectivity index (χ3n) is 6.11. The first kappa shape index (κ1) is 23.2. The van der Waals surface area contributed by atoms with Crippen LogP contribution in [0, 0.1) is 32.1 Å². The van der Waals surface area contributed by atoms with Crippen LogP contribution in [0.2, 0.25) is 0 Å². The van der Waals surface area contributed by atoms with Gasteiger partial charge in [0.25, 0.3) is 0 Å². The zero-order chi connectivity index (χ0) is 24.5. The number of aromatic nitrogens is 1. The Morgan fingerprint density at radius 2 is 1.39 bits per heavy atom. The van der Waals surface area contributed by atoms with Gasteiger partial charge in [0.15, 0.2) is 0 Å². The lowest BCUT2D eigenvalue weighted by Crippen LogP contribution is -2.48. The molecule has 1 aliphatic rings. The van der Waals surface area contributed by atoms with Gasteiger partial charge in [-0.3, -0.25) is 0 Å². The van der Waals surface area contributed by atoms with E-state index in [9.17, 15) is 14.0 Å². The molecule has 0 unspecified atom stereocenters. The summed E-state index contributed by atoms with van der Waals surface area (Å²) in [7, 11) is 1.38. The second-order valence-corrected chi connectivity index (χ2v) is 9.38. The fourth-order valence-electron chi connectivity index (χ4n) is 4.08. The van der Waals surface area contributed by atoms with E-state index >= 15 is 17.6 Å². The number of nitriles is 1. The number of hydrogen-bond acceptors (Lipinski definition) is 2. The molecular weight excluding hydrogens is 462 g/mol. The summed E-state index contributed by atoms with van der Waals surface area (Å²) >= 11 is 1.06. The predicted molar refractivity (Wildman–Crippen MR) is 116 cm³/mol. The summed E-state index contributed by atoms with van der Waals surface area (Å²) in [6.07, 6.45) is 0. The first-order chi connectivity index (χ1) is 15.3. The molecule has 3 aromatic rings. The van der Waals surface area contributed by atoms with E-state index in [4.69, 9.17) is 0 Å². The van der Waals surface area contributed by atoms with Gasteiger partial charge in [-0.05, 0) is 44.0 Å². The van der Waals surface area contributed by atoms with Gasteiger partial charge in [-0.25, -0.2) is 0 Å². The van der Waals surface area contributed by atoms with Gasteiger partial charge in [-0.15, -0.1) is 11.3 Å². The molecule has 0 aliphatic heterocycles. The van der Waals surface area contributed by atoms with Crippen LogP contribution in [0.3, 0.4) is 0 Å². The van der Waals surface area contributed by atoms with Crippen molar-refractivity contribution in [3.8, 4) is 16.5 Å². The van der Waals surface area contributed by atoms with Crippen LogP contribution in [0.1, 0.15) is 33.0 Å². The lowest BCUT2D eigenvalue weighted by Gasteiger charge is -2.25. The quantitative estimate of drug-likeness (QED) is 0.360. The van der Waals surface area contributed by atoms with Crippen LogP contribution in [0.5, 0.6) is 0 Å². The highest BCUT2D eigenvalue weighted by atomic mass is 32.1. The summed E-state index contributed by atoms with van der Waals surface area (Å²) in [6, 6.07) is 11.1. The number of rotatable bonds is 3. The lowest BCUT2D eigenvalue weighted by molar-refractivity contribution is -0.254. The van der Waals surface area contributed by atoms with Crippen LogP contribution < -0.4 is 0 Å². The third-order valence-corrected chi connectivity index (χ3v) is 7.21. The fourth-order valence-corrected chi connectivity index (χ4v) is 5.11. The smallest absolute Gasteiger partial charge is 0.339 e. The molecule has 4 rings (SSSR count). The van der Waals surface area contributed by atoms with Gasteiger partial charge >= 0.3 is 17.8 Å². The van der Waals surface area contributed by atoms with E-state index in [1.54, 1.807) is 30.3 Å². The van der Waals surface area contributed by atoms with Crippen molar-refractivity contribution in [3.05, 3.63) is 69.4 Å². The van der Waals surface area contributed by atoms with Crippen LogP contribution >= 0.6 is 11.3 Å². The monoisotopic (exact) mass is 480 g/mol. The Balaban J connectivity index is 2.06. The van der Waals surface area contributed by atoms with Crippen LogP contribution in [-0.2, 0) is 7.05 Å². The summed E-state index contributed by atoms with van der Waals surface area (Å²) in [5, 5.41) is 9.24. The molecule has 2 heterocycles. The van der Waals surface area contributed by atoms with E-state index in [-0.39, 0.29) is 21.8 Å². The molecule has 0 N–H and O–H groups in total. The maximum Gasteiger partial charge on any atom is 0.380 e. The molecule has 0 spiro atoms. The Kier molecular flexibility index (Phi) is 5.10. The van der Waals surface area contributed by atoms with E-state index in [0.29, 0.717) is 10.4 Å². The Hall–Kier alpha value is -2.99. The Labute approximate surface area is 190 Å². The van der Waals surface area contributed by atoms with Crippen molar-refractivity contribution in [2.45, 2.75) is 38.5 Å². The summed E-state index contributed by atoms with van der Waals surface area (Å²) in [4.78, 5) is 0.700. The molecule has 9 heteroatoms. The normalized spacial score (nSPS) is 18.6. The van der Waals surface area contributed by atoms with Crippen molar-refractivity contribution in [1.82, 2.24) is 4.57 Å². The zero-order valence-electron chi connectivity index (χ0n) is 18.0. The highest BCUT2D eigenvalue weighted by molar-refractivity contribution is 7.15. The number of thiophene rings is 1. The van der Waals surface area contributed by atoms with Gasteiger partial charge in [0.05, 0.1) is 0 Å². The van der Waals surface area contributed by atoms with Crippen molar-refractivity contribution in [2.75, 3.05) is 0 Å². The van der Waals surface area contributed by atoms with Gasteiger partial charge in [-0.1, -0.05) is 29.8 Å². The Morgan fingerprint density at radius 1 is 0.848 bits per heavy atom. The molecule has 2 nitrogen and oxygen atoms in total. The molecule has 2 aromatic heterocycles. The second-order valence-electron chi connectivity index (χ2n) is 8.12. The molecule has 1 aromatic carbocycles. The van der Waals surface area contributed by atoms with E-state index < -0.39 is 34.5 Å². The van der Waals surface area contributed by atoms with Crippen molar-refractivity contribution >= 4 is 22.5 Å². The fraction of sp³-hybridized carbons (Fsp3) is 0.292. The van der Waals surface area contributed by atoms with E-state index in [1.807, 2.05) is 6.92 Å². The number of halogens is 6. The summed E-state index contributed by atoms with van der Waals surface area (Å²) < 4.78 is 90.7. The summed E-state index contributed by atoms with van der Waals surface area (Å²) in [5.74, 6) is -15.9. The van der Waals surface area contributed by atoms with Gasteiger partial charge in [0.2, 0.25) is 0 Å². The molecule has 33 heavy (non-hydrogen) atoms. The van der Waals surface area contributed by atoms with Gasteiger partial charge in [0, 0.05) is 39.2 Å². The molecule has 1 aliphatic carbocycles. The van der Waals surface area contributed by atoms with E-state index in [0.717, 1.165) is 23.0 Å². The number of hydrogen-bond donors (Lipinski definition) is 0. The molecule has 172 valence electrons. The van der Waals surface area contributed by atoms with Crippen LogP contribution in [-0.4, -0.2) is 22.3 Å². The Morgan fingerprint density at radius 3 is 1.91 bits per heavy atom. The van der Waals surface area contributed by atoms with E-state index in [2.05, 4.69) is 0 Å². The molecule has 0 fully saturated rings. The first-order valence-electron chi connectivity index (χ1n) is 9.89. The molecule has 0 saturated carbocycles. The summed E-state index contributed by atoms with van der Waals surface area (Å²) in [5.41, 5.74) is -2.16. The van der Waals surface area contributed by atoms with Crippen LogP contribution in [0.4, 0.5) is 26.3 Å². The minimum Gasteiger partial charge on any atom is -0.339 e. The zero-order valence-corrected chi connectivity index (χ0v) is 18.9. The van der Waals surface area contributed by atoms with Crippen molar-refractivity contribution in [3.63, 3.8) is 0 Å². The largest absolute Gasteiger partial charge is 0.380 e. The first-order valence-corrected chi connectivity index (χ1v) is 10.7. The highest BCUT2D eigenvalue weighted by Gasteiger charge is 2.80. The second kappa shape index (κ2) is 7.26. The van der Waals surface area contributed by atoms with Crippen molar-refractivity contribution in [2.24, 2.45) is 7.05 Å². The molecule has 0 bridgehead atoms. The molecule has 0 atom stereocenters. The number of allylic oxidation sites excluding steroid dienone is 2.